The summed E-state index contributed by atoms with van der Waals surface area (Å²) < 4.78 is 30.9. The molecule has 0 saturated carbocycles. The molecule has 0 amide bonds. The molecule has 4 aromatic carbocycles. The summed E-state index contributed by atoms with van der Waals surface area (Å²) in [6, 6.07) is 34.3. The maximum Gasteiger partial charge on any atom is 0.241 e. The first-order chi connectivity index (χ1) is 18.3. The fraction of sp³-hybridized carbons (Fsp3) is 0.182. The highest BCUT2D eigenvalue weighted by Crippen LogP contribution is 2.50. The molecule has 1 N–H and O–H groups in total. The van der Waals surface area contributed by atoms with Gasteiger partial charge in [0.1, 0.15) is 6.29 Å². The Balaban J connectivity index is 1.78. The molecule has 4 nitrogen and oxygen atoms in total. The van der Waals surface area contributed by atoms with Gasteiger partial charge in [-0.15, -0.1) is 0 Å². The summed E-state index contributed by atoms with van der Waals surface area (Å²) in [6.45, 7) is 3.96. The van der Waals surface area contributed by atoms with E-state index in [1.165, 1.54) is 0 Å². The summed E-state index contributed by atoms with van der Waals surface area (Å²) in [6.07, 6.45) is 3.51. The molecular formula is C33H31NO3S. The number of hydrogen-bond donors (Lipinski definition) is 1. The monoisotopic (exact) mass is 521 g/mol. The largest absolute Gasteiger partial charge is 0.303 e. The van der Waals surface area contributed by atoms with Crippen molar-refractivity contribution in [3.8, 4) is 0 Å². The van der Waals surface area contributed by atoms with E-state index in [1.54, 1.807) is 24.3 Å². The van der Waals surface area contributed by atoms with Crippen LogP contribution in [0.25, 0.3) is 5.57 Å². The van der Waals surface area contributed by atoms with Gasteiger partial charge in [0.2, 0.25) is 10.0 Å². The molecule has 0 fully saturated rings. The van der Waals surface area contributed by atoms with E-state index < -0.39 is 21.5 Å². The summed E-state index contributed by atoms with van der Waals surface area (Å²) in [5.74, 6) is -0.923. The first-order valence-electron chi connectivity index (χ1n) is 12.8. The Labute approximate surface area is 225 Å². The number of nitrogens with one attached hydrogen (secondary N) is 1. The first kappa shape index (κ1) is 25.8. The zero-order chi connectivity index (χ0) is 26.8. The van der Waals surface area contributed by atoms with Crippen LogP contribution in [0.2, 0.25) is 0 Å². The molecule has 0 aromatic heterocycles. The van der Waals surface area contributed by atoms with E-state index in [9.17, 15) is 13.2 Å². The SMILES string of the molecule is Cc1ccc(S(=O)(=O)N[C@@]2(c3ccccc3)C=C(c3ccccc3)C[C@H](c3ccccc3C)[C@H]2C=O)cc1. The topological polar surface area (TPSA) is 63.2 Å². The summed E-state index contributed by atoms with van der Waals surface area (Å²) >= 11 is 0. The van der Waals surface area contributed by atoms with Gasteiger partial charge in [0.25, 0.3) is 0 Å². The van der Waals surface area contributed by atoms with Crippen LogP contribution in [-0.2, 0) is 20.4 Å². The second-order valence-corrected chi connectivity index (χ2v) is 11.7. The number of carbonyl (C=O) groups excluding carboxylic acids is 1. The molecule has 0 saturated heterocycles. The molecule has 38 heavy (non-hydrogen) atoms. The van der Waals surface area contributed by atoms with Gasteiger partial charge >= 0.3 is 0 Å². The van der Waals surface area contributed by atoms with Crippen molar-refractivity contribution in [3.63, 3.8) is 0 Å². The second kappa shape index (κ2) is 10.5. The maximum absolute atomic E-state index is 13.9. The fourth-order valence-electron chi connectivity index (χ4n) is 5.62. The van der Waals surface area contributed by atoms with Crippen LogP contribution in [0.3, 0.4) is 0 Å². The lowest BCUT2D eigenvalue weighted by Gasteiger charge is -2.45. The van der Waals surface area contributed by atoms with Crippen molar-refractivity contribution in [3.05, 3.63) is 143 Å². The molecule has 5 rings (SSSR count). The first-order valence-corrected chi connectivity index (χ1v) is 14.3. The van der Waals surface area contributed by atoms with Gasteiger partial charge < -0.3 is 4.79 Å². The van der Waals surface area contributed by atoms with Crippen LogP contribution in [0.1, 0.15) is 40.2 Å². The summed E-state index contributed by atoms with van der Waals surface area (Å²) in [5.41, 5.74) is 4.50. The minimum atomic E-state index is -4.00. The Hall–Kier alpha value is -3.80. The van der Waals surface area contributed by atoms with Crippen molar-refractivity contribution in [1.82, 2.24) is 4.72 Å². The van der Waals surface area contributed by atoms with Crippen LogP contribution in [0, 0.1) is 19.8 Å². The van der Waals surface area contributed by atoms with Gasteiger partial charge in [0.15, 0.2) is 0 Å². The molecule has 0 unspecified atom stereocenters. The van der Waals surface area contributed by atoms with Gasteiger partial charge in [0, 0.05) is 11.8 Å². The van der Waals surface area contributed by atoms with E-state index >= 15 is 0 Å². The van der Waals surface area contributed by atoms with Crippen LogP contribution in [0.4, 0.5) is 0 Å². The number of carbonyl (C=O) groups is 1. The lowest BCUT2D eigenvalue weighted by atomic mass is 9.63. The number of hydrogen-bond acceptors (Lipinski definition) is 3. The molecule has 0 aliphatic heterocycles. The quantitative estimate of drug-likeness (QED) is 0.280. The molecule has 5 heteroatoms. The number of benzene rings is 4. The van der Waals surface area contributed by atoms with Crippen LogP contribution in [-0.4, -0.2) is 14.7 Å². The van der Waals surface area contributed by atoms with Gasteiger partial charge in [-0.25, -0.2) is 8.42 Å². The lowest BCUT2D eigenvalue weighted by Crippen LogP contribution is -2.53. The molecule has 0 radical (unpaired) electrons. The van der Waals surface area contributed by atoms with Gasteiger partial charge in [0.05, 0.1) is 10.4 Å². The highest BCUT2D eigenvalue weighted by Gasteiger charge is 2.49. The average molecular weight is 522 g/mol. The van der Waals surface area contributed by atoms with Gasteiger partial charge in [-0.3, -0.25) is 0 Å². The molecule has 4 aromatic rings. The van der Waals surface area contributed by atoms with E-state index in [0.29, 0.717) is 6.42 Å². The molecule has 0 spiro atoms. The number of sulfonamides is 1. The zero-order valence-corrected chi connectivity index (χ0v) is 22.4. The zero-order valence-electron chi connectivity index (χ0n) is 21.5. The molecule has 0 bridgehead atoms. The minimum absolute atomic E-state index is 0.163. The second-order valence-electron chi connectivity index (χ2n) is 10.0. The van der Waals surface area contributed by atoms with Crippen molar-refractivity contribution in [1.29, 1.82) is 0 Å². The highest BCUT2D eigenvalue weighted by atomic mass is 32.2. The van der Waals surface area contributed by atoms with E-state index in [4.69, 9.17) is 0 Å². The van der Waals surface area contributed by atoms with E-state index in [-0.39, 0.29) is 10.8 Å². The van der Waals surface area contributed by atoms with Crippen molar-refractivity contribution >= 4 is 21.9 Å². The van der Waals surface area contributed by atoms with Crippen molar-refractivity contribution < 1.29 is 13.2 Å². The number of aldehydes is 1. The predicted molar refractivity (Wildman–Crippen MR) is 152 cm³/mol. The van der Waals surface area contributed by atoms with Gasteiger partial charge in [-0.1, -0.05) is 109 Å². The van der Waals surface area contributed by atoms with Crippen LogP contribution >= 0.6 is 0 Å². The Kier molecular flexibility index (Phi) is 7.15. The average Bonchev–Trinajstić information content (AvgIpc) is 2.94. The van der Waals surface area contributed by atoms with Gasteiger partial charge in [-0.2, -0.15) is 4.72 Å². The van der Waals surface area contributed by atoms with Crippen molar-refractivity contribution in [2.24, 2.45) is 5.92 Å². The van der Waals surface area contributed by atoms with E-state index in [1.807, 2.05) is 98.8 Å². The molecule has 1 aliphatic rings. The highest BCUT2D eigenvalue weighted by molar-refractivity contribution is 7.89. The Morgan fingerprint density at radius 1 is 0.789 bits per heavy atom. The minimum Gasteiger partial charge on any atom is -0.303 e. The Bertz CT molecular complexity index is 1560. The van der Waals surface area contributed by atoms with E-state index in [2.05, 4.69) is 10.8 Å². The lowest BCUT2D eigenvalue weighted by molar-refractivity contribution is -0.113. The normalized spacial score (nSPS) is 21.5. The van der Waals surface area contributed by atoms with Crippen LogP contribution in [0.15, 0.2) is 120 Å². The molecule has 0 heterocycles. The number of allylic oxidation sites excluding steroid dienone is 1. The molecule has 3 atom stereocenters. The summed E-state index contributed by atoms with van der Waals surface area (Å²) in [5, 5.41) is 0. The predicted octanol–water partition coefficient (Wildman–Crippen LogP) is 6.56. The van der Waals surface area contributed by atoms with Crippen LogP contribution < -0.4 is 4.72 Å². The molecular weight excluding hydrogens is 490 g/mol. The molecule has 192 valence electrons. The maximum atomic E-state index is 13.9. The number of rotatable bonds is 7. The third-order valence-electron chi connectivity index (χ3n) is 7.57. The molecule has 1 aliphatic carbocycles. The van der Waals surface area contributed by atoms with E-state index in [0.717, 1.165) is 39.7 Å². The standard InChI is InChI=1S/C33H31NO3S/c1-24-17-19-29(20-18-24)38(36,37)34-33(28-14-7-4-8-15-28)22-27(26-12-5-3-6-13-26)21-31(32(33)23-35)30-16-10-9-11-25(30)2/h3-20,22-23,31-32,34H,21H2,1-2H3/t31-,32-,33-/m1/s1. The van der Waals surface area contributed by atoms with Crippen molar-refractivity contribution in [2.45, 2.75) is 36.6 Å². The summed E-state index contributed by atoms with van der Waals surface area (Å²) in [4.78, 5) is 13.3. The Morgan fingerprint density at radius 3 is 2.03 bits per heavy atom. The number of aryl methyl sites for hydroxylation is 2. The van der Waals surface area contributed by atoms with Crippen molar-refractivity contribution in [2.75, 3.05) is 0 Å². The smallest absolute Gasteiger partial charge is 0.241 e. The Morgan fingerprint density at radius 2 is 1.39 bits per heavy atom. The fourth-order valence-corrected chi connectivity index (χ4v) is 6.99. The third-order valence-corrected chi connectivity index (χ3v) is 9.07. The third kappa shape index (κ3) is 4.87. The van der Waals surface area contributed by atoms with Crippen LogP contribution in [0.5, 0.6) is 0 Å². The van der Waals surface area contributed by atoms with Gasteiger partial charge in [-0.05, 0) is 60.2 Å². The summed E-state index contributed by atoms with van der Waals surface area (Å²) in [7, 11) is -4.00.